The fourth-order valence-electron chi connectivity index (χ4n) is 4.28. The number of amides is 1. The van der Waals surface area contributed by atoms with Crippen LogP contribution in [0, 0.1) is 5.92 Å². The molecule has 0 saturated carbocycles. The van der Waals surface area contributed by atoms with E-state index in [4.69, 9.17) is 4.74 Å². The summed E-state index contributed by atoms with van der Waals surface area (Å²) in [6.45, 7) is 2.99. The number of hydrogen-bond acceptors (Lipinski definition) is 7. The highest BCUT2D eigenvalue weighted by atomic mass is 19.4. The Balaban J connectivity index is 1.35. The van der Waals surface area contributed by atoms with Gasteiger partial charge in [0.15, 0.2) is 11.3 Å². The molecule has 2 fully saturated rings. The van der Waals surface area contributed by atoms with Crippen LogP contribution in [0.15, 0.2) is 36.5 Å². The first-order chi connectivity index (χ1) is 16.4. The van der Waals surface area contributed by atoms with Gasteiger partial charge in [-0.1, -0.05) is 6.07 Å². The Morgan fingerprint density at radius 3 is 2.68 bits per heavy atom. The zero-order valence-electron chi connectivity index (χ0n) is 18.3. The first-order valence-electron chi connectivity index (χ1n) is 11.2. The molecule has 2 saturated heterocycles. The number of morpholine rings is 1. The second-order valence-corrected chi connectivity index (χ2v) is 8.37. The van der Waals surface area contributed by atoms with E-state index in [1.165, 1.54) is 10.7 Å². The average molecular weight is 475 g/mol. The third-order valence-electron chi connectivity index (χ3n) is 6.10. The van der Waals surface area contributed by atoms with Crippen LogP contribution >= 0.6 is 0 Å². The Morgan fingerprint density at radius 1 is 1.06 bits per heavy atom. The summed E-state index contributed by atoms with van der Waals surface area (Å²) in [5.74, 6) is -0.362. The number of carbonyl (C=O) groups is 1. The molecule has 0 aromatic carbocycles. The summed E-state index contributed by atoms with van der Waals surface area (Å²) in [5, 5.41) is 7.21. The number of rotatable bonds is 4. The van der Waals surface area contributed by atoms with Crippen molar-refractivity contribution in [1.29, 1.82) is 0 Å². The van der Waals surface area contributed by atoms with Crippen LogP contribution in [-0.4, -0.2) is 71.1 Å². The first kappa shape index (κ1) is 22.4. The smallest absolute Gasteiger partial charge is 0.378 e. The fraction of sp³-hybridized carbons (Fsp3) is 0.455. The molecule has 5 rings (SSSR count). The van der Waals surface area contributed by atoms with E-state index in [-0.39, 0.29) is 18.7 Å². The van der Waals surface area contributed by atoms with E-state index in [0.29, 0.717) is 43.5 Å². The Morgan fingerprint density at radius 2 is 1.88 bits per heavy atom. The highest BCUT2D eigenvalue weighted by Gasteiger charge is 2.42. The SMILES string of the molecule is O=C(Nc1cccc(N2CCOCC2)n1)c1cnc2ccc(N3CCCC(C(F)(F)F)C3)nn12. The minimum absolute atomic E-state index is 0.109. The third-order valence-corrected chi connectivity index (χ3v) is 6.10. The monoisotopic (exact) mass is 475 g/mol. The number of ether oxygens (including phenoxy) is 1. The fourth-order valence-corrected chi connectivity index (χ4v) is 4.28. The van der Waals surface area contributed by atoms with E-state index in [0.717, 1.165) is 18.9 Å². The maximum atomic E-state index is 13.2. The molecule has 1 N–H and O–H groups in total. The number of hydrogen-bond donors (Lipinski definition) is 1. The minimum Gasteiger partial charge on any atom is -0.378 e. The number of imidazole rings is 1. The van der Waals surface area contributed by atoms with Crippen molar-refractivity contribution >= 4 is 29.0 Å². The van der Waals surface area contributed by atoms with Crippen molar-refractivity contribution < 1.29 is 22.7 Å². The lowest BCUT2D eigenvalue weighted by Crippen LogP contribution is -2.42. The molecule has 1 amide bonds. The predicted molar refractivity (Wildman–Crippen MR) is 119 cm³/mol. The predicted octanol–water partition coefficient (Wildman–Crippen LogP) is 2.99. The van der Waals surface area contributed by atoms with Crippen molar-refractivity contribution in [2.24, 2.45) is 5.92 Å². The summed E-state index contributed by atoms with van der Waals surface area (Å²) < 4.78 is 46.4. The Labute approximate surface area is 193 Å². The second-order valence-electron chi connectivity index (χ2n) is 8.37. The zero-order chi connectivity index (χ0) is 23.7. The lowest BCUT2D eigenvalue weighted by molar-refractivity contribution is -0.176. The first-order valence-corrected chi connectivity index (χ1v) is 11.2. The van der Waals surface area contributed by atoms with E-state index >= 15 is 0 Å². The van der Waals surface area contributed by atoms with Crippen LogP contribution in [0.1, 0.15) is 23.3 Å². The number of aromatic nitrogens is 4. The van der Waals surface area contributed by atoms with Crippen LogP contribution in [0.2, 0.25) is 0 Å². The molecule has 3 aromatic rings. The van der Waals surface area contributed by atoms with E-state index < -0.39 is 18.0 Å². The van der Waals surface area contributed by atoms with Gasteiger partial charge < -0.3 is 19.9 Å². The van der Waals surface area contributed by atoms with Crippen LogP contribution in [0.3, 0.4) is 0 Å². The van der Waals surface area contributed by atoms with Crippen molar-refractivity contribution in [3.8, 4) is 0 Å². The Kier molecular flexibility index (Phi) is 5.98. The van der Waals surface area contributed by atoms with Crippen LogP contribution in [0.25, 0.3) is 5.65 Å². The molecule has 1 unspecified atom stereocenters. The number of piperidine rings is 1. The van der Waals surface area contributed by atoms with Crippen LogP contribution < -0.4 is 15.1 Å². The quantitative estimate of drug-likeness (QED) is 0.621. The summed E-state index contributed by atoms with van der Waals surface area (Å²) >= 11 is 0. The standard InChI is InChI=1S/C22H24F3N7O2/c23-22(24,25)15-3-2-8-31(14-15)20-7-6-18-26-13-16(32(18)29-20)21(33)28-17-4-1-5-19(27-17)30-9-11-34-12-10-30/h1,4-7,13,15H,2-3,8-12,14H2,(H,27,28,33). The van der Waals surface area contributed by atoms with Gasteiger partial charge in [-0.05, 0) is 37.1 Å². The van der Waals surface area contributed by atoms with Gasteiger partial charge in [0.2, 0.25) is 0 Å². The minimum atomic E-state index is -4.24. The topological polar surface area (TPSA) is 87.9 Å². The average Bonchev–Trinajstić information content (AvgIpc) is 3.28. The highest BCUT2D eigenvalue weighted by Crippen LogP contribution is 2.34. The van der Waals surface area contributed by atoms with Crippen molar-refractivity contribution in [3.63, 3.8) is 0 Å². The van der Waals surface area contributed by atoms with Gasteiger partial charge in [0, 0.05) is 26.2 Å². The molecule has 5 heterocycles. The largest absolute Gasteiger partial charge is 0.393 e. The molecule has 180 valence electrons. The summed E-state index contributed by atoms with van der Waals surface area (Å²) in [7, 11) is 0. The third kappa shape index (κ3) is 4.63. The maximum Gasteiger partial charge on any atom is 0.393 e. The van der Waals surface area contributed by atoms with Crippen molar-refractivity contribution in [1.82, 2.24) is 19.6 Å². The van der Waals surface area contributed by atoms with Crippen molar-refractivity contribution in [2.45, 2.75) is 19.0 Å². The van der Waals surface area contributed by atoms with E-state index in [1.807, 2.05) is 12.1 Å². The normalized spacial score (nSPS) is 19.4. The van der Waals surface area contributed by atoms with Gasteiger partial charge in [0.05, 0.1) is 25.3 Å². The van der Waals surface area contributed by atoms with Gasteiger partial charge in [-0.15, -0.1) is 5.10 Å². The summed E-state index contributed by atoms with van der Waals surface area (Å²) in [6.07, 6.45) is -2.32. The Bertz CT molecular complexity index is 1180. The van der Waals surface area contributed by atoms with Gasteiger partial charge in [-0.3, -0.25) is 4.79 Å². The molecule has 0 bridgehead atoms. The van der Waals surface area contributed by atoms with Gasteiger partial charge in [0.25, 0.3) is 5.91 Å². The van der Waals surface area contributed by atoms with E-state index in [9.17, 15) is 18.0 Å². The molecule has 2 aliphatic rings. The Hall–Kier alpha value is -3.41. The molecular weight excluding hydrogens is 451 g/mol. The highest BCUT2D eigenvalue weighted by molar-refractivity contribution is 6.02. The number of anilines is 3. The number of pyridine rings is 1. The molecule has 0 aliphatic carbocycles. The van der Waals surface area contributed by atoms with Crippen LogP contribution in [0.4, 0.5) is 30.6 Å². The number of carbonyl (C=O) groups excluding carboxylic acids is 1. The number of halogens is 3. The van der Waals surface area contributed by atoms with Gasteiger partial charge in [-0.25, -0.2) is 14.5 Å². The summed E-state index contributed by atoms with van der Waals surface area (Å²) in [5.41, 5.74) is 0.591. The van der Waals surface area contributed by atoms with Crippen LogP contribution in [-0.2, 0) is 4.74 Å². The molecule has 9 nitrogen and oxygen atoms in total. The summed E-state index contributed by atoms with van der Waals surface area (Å²) in [6, 6.07) is 8.65. The lowest BCUT2D eigenvalue weighted by atomic mass is 9.97. The summed E-state index contributed by atoms with van der Waals surface area (Å²) in [4.78, 5) is 25.4. The molecule has 34 heavy (non-hydrogen) atoms. The van der Waals surface area contributed by atoms with Gasteiger partial charge in [0.1, 0.15) is 17.5 Å². The molecule has 3 aromatic heterocycles. The molecule has 0 spiro atoms. The zero-order valence-corrected chi connectivity index (χ0v) is 18.3. The van der Waals surface area contributed by atoms with Gasteiger partial charge in [-0.2, -0.15) is 13.2 Å². The molecule has 2 aliphatic heterocycles. The molecule has 0 radical (unpaired) electrons. The molecule has 12 heteroatoms. The van der Waals surface area contributed by atoms with Crippen LogP contribution in [0.5, 0.6) is 0 Å². The van der Waals surface area contributed by atoms with E-state index in [1.54, 1.807) is 23.1 Å². The van der Waals surface area contributed by atoms with Crippen molar-refractivity contribution in [3.05, 3.63) is 42.2 Å². The number of alkyl halides is 3. The van der Waals surface area contributed by atoms with E-state index in [2.05, 4.69) is 25.3 Å². The second kappa shape index (κ2) is 9.09. The lowest BCUT2D eigenvalue weighted by Gasteiger charge is -2.34. The molecular formula is C22H24F3N7O2. The van der Waals surface area contributed by atoms with Crippen molar-refractivity contribution in [2.75, 3.05) is 54.5 Å². The number of nitrogens with one attached hydrogen (secondary N) is 1. The maximum absolute atomic E-state index is 13.2. The molecule has 1 atom stereocenters. The number of nitrogens with zero attached hydrogens (tertiary/aromatic N) is 6. The number of fused-ring (bicyclic) bond motifs is 1. The van der Waals surface area contributed by atoms with Gasteiger partial charge >= 0.3 is 6.18 Å².